The normalized spacial score (nSPS) is 15.9. The van der Waals surface area contributed by atoms with Crippen molar-refractivity contribution in [2.75, 3.05) is 27.2 Å². The summed E-state index contributed by atoms with van der Waals surface area (Å²) < 4.78 is 13.2. The number of halogens is 1. The molecule has 0 atom stereocenters. The lowest BCUT2D eigenvalue weighted by molar-refractivity contribution is 0.201. The number of hydrogen-bond donors (Lipinski definition) is 0. The Morgan fingerprint density at radius 1 is 1.10 bits per heavy atom. The average molecular weight is 412 g/mol. The van der Waals surface area contributed by atoms with Gasteiger partial charge in [0, 0.05) is 35.3 Å². The molecule has 3 heterocycles. The molecule has 0 spiro atoms. The molecule has 0 aliphatic carbocycles. The Kier molecular flexibility index (Phi) is 6.28. The van der Waals surface area contributed by atoms with Gasteiger partial charge in [-0.15, -0.1) is 11.3 Å². The predicted molar refractivity (Wildman–Crippen MR) is 114 cm³/mol. The van der Waals surface area contributed by atoms with Crippen molar-refractivity contribution in [1.82, 2.24) is 24.8 Å². The van der Waals surface area contributed by atoms with Crippen LogP contribution in [0.4, 0.5) is 4.39 Å². The maximum Gasteiger partial charge on any atom is 0.132 e. The highest BCUT2D eigenvalue weighted by atomic mass is 32.1. The third kappa shape index (κ3) is 5.23. The fraction of sp³-hybridized carbons (Fsp3) is 0.409. The van der Waals surface area contributed by atoms with Crippen LogP contribution in [0, 0.1) is 5.82 Å². The molecular weight excluding hydrogens is 385 g/mol. The van der Waals surface area contributed by atoms with E-state index in [-0.39, 0.29) is 5.82 Å². The summed E-state index contributed by atoms with van der Waals surface area (Å²) in [4.78, 5) is 19.8. The van der Waals surface area contributed by atoms with E-state index >= 15 is 0 Å². The van der Waals surface area contributed by atoms with Crippen molar-refractivity contribution in [3.63, 3.8) is 0 Å². The summed E-state index contributed by atoms with van der Waals surface area (Å²) in [6, 6.07) is 8.36. The van der Waals surface area contributed by atoms with Crippen LogP contribution in [-0.4, -0.2) is 51.9 Å². The number of hydrogen-bond acceptors (Lipinski definition) is 6. The quantitative estimate of drug-likeness (QED) is 0.609. The molecule has 0 unspecified atom stereocenters. The highest BCUT2D eigenvalue weighted by molar-refractivity contribution is 7.11. The van der Waals surface area contributed by atoms with E-state index < -0.39 is 0 Å². The van der Waals surface area contributed by atoms with Crippen molar-refractivity contribution in [2.24, 2.45) is 0 Å². The predicted octanol–water partition coefficient (Wildman–Crippen LogP) is 4.18. The zero-order valence-electron chi connectivity index (χ0n) is 16.9. The maximum atomic E-state index is 13.2. The summed E-state index contributed by atoms with van der Waals surface area (Å²) in [5.41, 5.74) is 1.78. The SMILES string of the molecule is CN(C)Cc1cnc(CN2CCC(c3nccc(-c4ccc(F)cc4)n3)CC2)s1. The Morgan fingerprint density at radius 2 is 1.86 bits per heavy atom. The smallest absolute Gasteiger partial charge is 0.132 e. The third-order valence-corrected chi connectivity index (χ3v) is 6.17. The van der Waals surface area contributed by atoms with Crippen LogP contribution in [0.3, 0.4) is 0 Å². The van der Waals surface area contributed by atoms with Crippen molar-refractivity contribution in [3.05, 3.63) is 64.3 Å². The summed E-state index contributed by atoms with van der Waals surface area (Å²) in [5.74, 6) is 1.03. The number of piperidine rings is 1. The molecule has 0 radical (unpaired) electrons. The van der Waals surface area contributed by atoms with Crippen LogP contribution in [0.5, 0.6) is 0 Å². The molecule has 1 aliphatic rings. The standard InChI is InChI=1S/C22H26FN5S/c1-27(2)14-19-13-25-21(29-19)15-28-11-8-17(9-12-28)22-24-10-7-20(26-22)16-3-5-18(23)6-4-16/h3-7,10,13,17H,8-9,11-12,14-15H2,1-2H3. The lowest BCUT2D eigenvalue weighted by Crippen LogP contribution is -2.33. The van der Waals surface area contributed by atoms with Crippen molar-refractivity contribution < 1.29 is 4.39 Å². The molecular formula is C22H26FN5S. The Bertz CT molecular complexity index is 932. The first-order valence-electron chi connectivity index (χ1n) is 9.96. The second kappa shape index (κ2) is 9.07. The van der Waals surface area contributed by atoms with E-state index in [1.165, 1.54) is 22.0 Å². The minimum absolute atomic E-state index is 0.232. The number of nitrogens with zero attached hydrogens (tertiary/aromatic N) is 5. The molecule has 0 N–H and O–H groups in total. The second-order valence-electron chi connectivity index (χ2n) is 7.82. The van der Waals surface area contributed by atoms with Gasteiger partial charge in [0.1, 0.15) is 16.6 Å². The van der Waals surface area contributed by atoms with Crippen molar-refractivity contribution >= 4 is 11.3 Å². The third-order valence-electron chi connectivity index (χ3n) is 5.20. The van der Waals surface area contributed by atoms with Gasteiger partial charge in [-0.05, 0) is 70.4 Å². The number of aromatic nitrogens is 3. The molecule has 29 heavy (non-hydrogen) atoms. The molecule has 3 aromatic rings. The van der Waals surface area contributed by atoms with Crippen LogP contribution in [-0.2, 0) is 13.1 Å². The maximum absolute atomic E-state index is 13.2. The van der Waals surface area contributed by atoms with Gasteiger partial charge in [-0.25, -0.2) is 19.3 Å². The summed E-state index contributed by atoms with van der Waals surface area (Å²) in [5, 5.41) is 1.19. The van der Waals surface area contributed by atoms with Crippen LogP contribution in [0.1, 0.15) is 34.5 Å². The van der Waals surface area contributed by atoms with Gasteiger partial charge in [0.25, 0.3) is 0 Å². The number of benzene rings is 1. The van der Waals surface area contributed by atoms with Gasteiger partial charge in [-0.3, -0.25) is 4.90 Å². The highest BCUT2D eigenvalue weighted by Gasteiger charge is 2.23. The Hall–Kier alpha value is -2.22. The topological polar surface area (TPSA) is 45.2 Å². The molecule has 1 fully saturated rings. The van der Waals surface area contributed by atoms with Crippen LogP contribution in [0.15, 0.2) is 42.7 Å². The molecule has 0 bridgehead atoms. The molecule has 7 heteroatoms. The Balaban J connectivity index is 1.35. The molecule has 1 aromatic carbocycles. The first-order valence-corrected chi connectivity index (χ1v) is 10.8. The lowest BCUT2D eigenvalue weighted by atomic mass is 9.95. The Labute approximate surface area is 175 Å². The summed E-state index contributed by atoms with van der Waals surface area (Å²) >= 11 is 1.81. The van der Waals surface area contributed by atoms with Crippen LogP contribution >= 0.6 is 11.3 Å². The average Bonchev–Trinajstić information content (AvgIpc) is 3.15. The summed E-state index contributed by atoms with van der Waals surface area (Å²) in [7, 11) is 4.16. The van der Waals surface area contributed by atoms with Gasteiger partial charge in [-0.2, -0.15) is 0 Å². The molecule has 5 nitrogen and oxygen atoms in total. The minimum atomic E-state index is -0.232. The fourth-order valence-corrected chi connectivity index (χ4v) is 4.78. The van der Waals surface area contributed by atoms with E-state index in [0.717, 1.165) is 56.1 Å². The lowest BCUT2D eigenvalue weighted by Gasteiger charge is -2.30. The number of likely N-dealkylation sites (tertiary alicyclic amines) is 1. The van der Waals surface area contributed by atoms with Gasteiger partial charge in [0.15, 0.2) is 0 Å². The minimum Gasteiger partial charge on any atom is -0.304 e. The van der Waals surface area contributed by atoms with Gasteiger partial charge >= 0.3 is 0 Å². The van der Waals surface area contributed by atoms with E-state index in [1.807, 2.05) is 18.5 Å². The molecule has 2 aromatic heterocycles. The molecule has 0 saturated carbocycles. The van der Waals surface area contributed by atoms with E-state index in [9.17, 15) is 4.39 Å². The summed E-state index contributed by atoms with van der Waals surface area (Å²) in [6.45, 7) is 3.91. The molecule has 1 saturated heterocycles. The van der Waals surface area contributed by atoms with E-state index in [0.29, 0.717) is 5.92 Å². The van der Waals surface area contributed by atoms with Gasteiger partial charge in [0.05, 0.1) is 12.2 Å². The number of rotatable bonds is 6. The highest BCUT2D eigenvalue weighted by Crippen LogP contribution is 2.28. The monoisotopic (exact) mass is 411 g/mol. The van der Waals surface area contributed by atoms with Crippen LogP contribution in [0.2, 0.25) is 0 Å². The zero-order chi connectivity index (χ0) is 20.2. The molecule has 1 aliphatic heterocycles. The first-order chi connectivity index (χ1) is 14.1. The van der Waals surface area contributed by atoms with Gasteiger partial charge < -0.3 is 4.90 Å². The fourth-order valence-electron chi connectivity index (χ4n) is 3.70. The molecule has 4 rings (SSSR count). The van der Waals surface area contributed by atoms with E-state index in [1.54, 1.807) is 23.5 Å². The Morgan fingerprint density at radius 3 is 2.59 bits per heavy atom. The molecule has 152 valence electrons. The number of thiazole rings is 1. The van der Waals surface area contributed by atoms with Gasteiger partial charge in [0.2, 0.25) is 0 Å². The van der Waals surface area contributed by atoms with Crippen molar-refractivity contribution in [2.45, 2.75) is 31.8 Å². The van der Waals surface area contributed by atoms with Crippen LogP contribution < -0.4 is 0 Å². The van der Waals surface area contributed by atoms with Crippen molar-refractivity contribution in [1.29, 1.82) is 0 Å². The largest absolute Gasteiger partial charge is 0.304 e. The van der Waals surface area contributed by atoms with Gasteiger partial charge in [-0.1, -0.05) is 0 Å². The zero-order valence-corrected chi connectivity index (χ0v) is 17.7. The van der Waals surface area contributed by atoms with Crippen LogP contribution in [0.25, 0.3) is 11.3 Å². The van der Waals surface area contributed by atoms with E-state index in [4.69, 9.17) is 4.98 Å². The van der Waals surface area contributed by atoms with Crippen molar-refractivity contribution in [3.8, 4) is 11.3 Å². The second-order valence-corrected chi connectivity index (χ2v) is 9.02. The summed E-state index contributed by atoms with van der Waals surface area (Å²) in [6.07, 6.45) is 5.91. The van der Waals surface area contributed by atoms with E-state index in [2.05, 4.69) is 33.9 Å². The molecule has 0 amide bonds. The first kappa shape index (κ1) is 20.1.